The van der Waals surface area contributed by atoms with Gasteiger partial charge in [0.2, 0.25) is 0 Å². The van der Waals surface area contributed by atoms with Crippen LogP contribution in [-0.4, -0.2) is 39.3 Å². The summed E-state index contributed by atoms with van der Waals surface area (Å²) >= 11 is 0.847. The number of hydrogen-bond donors (Lipinski definition) is 1. The molecule has 0 spiro atoms. The van der Waals surface area contributed by atoms with E-state index in [1.807, 2.05) is 31.2 Å². The molecular formula is C33H27N3O8S. The summed E-state index contributed by atoms with van der Waals surface area (Å²) in [4.78, 5) is 55.9. The zero-order chi connectivity index (χ0) is 32.2. The third-order valence-electron chi connectivity index (χ3n) is 6.99. The number of thiazole rings is 1. The molecule has 0 aliphatic carbocycles. The van der Waals surface area contributed by atoms with Crippen molar-refractivity contribution in [3.8, 4) is 5.75 Å². The lowest BCUT2D eigenvalue weighted by atomic mass is 9.95. The molecule has 12 heteroatoms. The summed E-state index contributed by atoms with van der Waals surface area (Å²) in [7, 11) is 0. The van der Waals surface area contributed by atoms with Gasteiger partial charge in [-0.25, -0.2) is 9.78 Å². The number of ketones is 1. The van der Waals surface area contributed by atoms with Crippen molar-refractivity contribution in [1.82, 2.24) is 4.98 Å². The Labute approximate surface area is 261 Å². The molecule has 1 aliphatic rings. The van der Waals surface area contributed by atoms with Crippen molar-refractivity contribution in [3.05, 3.63) is 134 Å². The summed E-state index contributed by atoms with van der Waals surface area (Å²) < 4.78 is 11.0. The molecule has 3 aromatic carbocycles. The highest BCUT2D eigenvalue weighted by molar-refractivity contribution is 7.17. The molecule has 0 bridgehead atoms. The topological polar surface area (TPSA) is 149 Å². The first-order valence-electron chi connectivity index (χ1n) is 13.7. The smallest absolute Gasteiger partial charge is 0.350 e. The molecule has 4 aromatic rings. The van der Waals surface area contributed by atoms with Crippen molar-refractivity contribution in [2.24, 2.45) is 0 Å². The van der Waals surface area contributed by atoms with Crippen LogP contribution >= 0.6 is 11.3 Å². The number of carbonyl (C=O) groups excluding carboxylic acids is 3. The lowest BCUT2D eigenvalue weighted by Crippen LogP contribution is -2.29. The molecule has 1 saturated heterocycles. The first-order valence-corrected chi connectivity index (χ1v) is 14.5. The number of nitro benzene ring substituents is 1. The third-order valence-corrected chi connectivity index (χ3v) is 8.13. The number of ether oxygens (including phenoxy) is 2. The quantitative estimate of drug-likeness (QED) is 0.0412. The number of Topliss-reactive ketones (excluding diaryl/α,β-unsaturated/α-hetero) is 1. The number of aliphatic hydroxyl groups excluding tert-OH is 1. The Morgan fingerprint density at radius 3 is 2.47 bits per heavy atom. The van der Waals surface area contributed by atoms with Gasteiger partial charge < -0.3 is 14.6 Å². The fraction of sp³-hybridized carbons (Fsp3) is 0.152. The highest BCUT2D eigenvalue weighted by Gasteiger charge is 2.48. The second-order valence-corrected chi connectivity index (χ2v) is 11.1. The number of hydrogen-bond acceptors (Lipinski definition) is 10. The number of benzene rings is 3. The molecule has 228 valence electrons. The number of aromatic nitrogens is 1. The van der Waals surface area contributed by atoms with Crippen molar-refractivity contribution >= 4 is 45.6 Å². The Bertz CT molecular complexity index is 1840. The van der Waals surface area contributed by atoms with Crippen LogP contribution in [0.2, 0.25) is 0 Å². The van der Waals surface area contributed by atoms with E-state index >= 15 is 0 Å². The number of nitrogens with zero attached hydrogens (tertiary/aromatic N) is 3. The van der Waals surface area contributed by atoms with Crippen LogP contribution in [0.4, 0.5) is 10.8 Å². The molecule has 1 aliphatic heterocycles. The van der Waals surface area contributed by atoms with Gasteiger partial charge in [0, 0.05) is 17.7 Å². The number of non-ortho nitro benzene ring substituents is 1. The van der Waals surface area contributed by atoms with E-state index in [-0.39, 0.29) is 39.1 Å². The van der Waals surface area contributed by atoms with Crippen LogP contribution in [0.3, 0.4) is 0 Å². The fourth-order valence-corrected chi connectivity index (χ4v) is 5.82. The minimum absolute atomic E-state index is 0.0162. The minimum Gasteiger partial charge on any atom is -0.507 e. The molecule has 0 radical (unpaired) electrons. The summed E-state index contributed by atoms with van der Waals surface area (Å²) in [5, 5.41) is 22.8. The van der Waals surface area contributed by atoms with E-state index < -0.39 is 34.4 Å². The van der Waals surface area contributed by atoms with Crippen molar-refractivity contribution in [2.45, 2.75) is 26.5 Å². The molecule has 0 saturated carbocycles. The van der Waals surface area contributed by atoms with Gasteiger partial charge in [0.05, 0.1) is 22.2 Å². The van der Waals surface area contributed by atoms with Crippen molar-refractivity contribution in [2.75, 3.05) is 11.5 Å². The summed E-state index contributed by atoms with van der Waals surface area (Å²) in [5.41, 5.74) is 2.47. The molecule has 1 fully saturated rings. The van der Waals surface area contributed by atoms with Gasteiger partial charge in [-0.05, 0) is 61.4 Å². The molecule has 1 N–H and O–H groups in total. The second kappa shape index (κ2) is 12.9. The molecule has 2 heterocycles. The largest absolute Gasteiger partial charge is 0.507 e. The number of aliphatic hydroxyl groups is 1. The SMILES string of the molecule is C=CCOC(=O)c1sc(N2C(=O)C(=O)/C(=C(/O)c3ccc(OCc4cccc(C)c4)cc3)C2c2ccc([N+](=O)[O-])cc2)nc1C. The van der Waals surface area contributed by atoms with Crippen LogP contribution in [0.1, 0.15) is 43.7 Å². The molecule has 1 amide bonds. The van der Waals surface area contributed by atoms with E-state index in [1.165, 1.54) is 30.3 Å². The fourth-order valence-electron chi connectivity index (χ4n) is 4.83. The summed E-state index contributed by atoms with van der Waals surface area (Å²) in [6, 6.07) is 18.3. The van der Waals surface area contributed by atoms with Crippen molar-refractivity contribution in [3.63, 3.8) is 0 Å². The van der Waals surface area contributed by atoms with E-state index in [4.69, 9.17) is 9.47 Å². The number of aryl methyl sites for hydroxylation is 2. The summed E-state index contributed by atoms with van der Waals surface area (Å²) in [6.45, 7) is 7.36. The molecule has 1 unspecified atom stereocenters. The molecular weight excluding hydrogens is 598 g/mol. The van der Waals surface area contributed by atoms with Gasteiger partial charge in [-0.2, -0.15) is 0 Å². The monoisotopic (exact) mass is 625 g/mol. The van der Waals surface area contributed by atoms with Gasteiger partial charge >= 0.3 is 11.9 Å². The molecule has 11 nitrogen and oxygen atoms in total. The Hall–Kier alpha value is -5.62. The van der Waals surface area contributed by atoms with Gasteiger partial charge in [-0.15, -0.1) is 0 Å². The first kappa shape index (κ1) is 30.8. The standard InChI is InChI=1S/C33H27N3O8S/c1-4-16-43-32(40)30-20(3)34-33(45-30)35-27(22-8-12-24(13-9-22)36(41)42)26(29(38)31(35)39)28(37)23-10-14-25(15-11-23)44-18-21-7-5-6-19(2)17-21/h4-15,17,27,37H,1,16,18H2,2-3H3/b28-26+. The Morgan fingerprint density at radius 1 is 1.11 bits per heavy atom. The average Bonchev–Trinajstić information content (AvgIpc) is 3.54. The zero-order valence-corrected chi connectivity index (χ0v) is 25.1. The van der Waals surface area contributed by atoms with E-state index in [1.54, 1.807) is 31.2 Å². The van der Waals surface area contributed by atoms with Crippen LogP contribution in [0.15, 0.2) is 91.0 Å². The Kier molecular flexibility index (Phi) is 8.86. The number of amides is 1. The maximum absolute atomic E-state index is 13.5. The number of rotatable bonds is 10. The van der Waals surface area contributed by atoms with Gasteiger partial charge in [0.1, 0.15) is 29.6 Å². The second-order valence-electron chi connectivity index (χ2n) is 10.1. The maximum atomic E-state index is 13.5. The van der Waals surface area contributed by atoms with Crippen molar-refractivity contribution < 1.29 is 33.9 Å². The molecule has 5 rings (SSSR count). The van der Waals surface area contributed by atoms with Crippen LogP contribution in [0.5, 0.6) is 5.75 Å². The molecule has 1 atom stereocenters. The predicted molar refractivity (Wildman–Crippen MR) is 167 cm³/mol. The van der Waals surface area contributed by atoms with E-state index in [0.717, 1.165) is 27.4 Å². The van der Waals surface area contributed by atoms with Crippen LogP contribution in [0.25, 0.3) is 5.76 Å². The summed E-state index contributed by atoms with van der Waals surface area (Å²) in [6.07, 6.45) is 1.41. The lowest BCUT2D eigenvalue weighted by Gasteiger charge is -2.23. The van der Waals surface area contributed by atoms with Crippen molar-refractivity contribution in [1.29, 1.82) is 0 Å². The maximum Gasteiger partial charge on any atom is 0.350 e. The van der Waals surface area contributed by atoms with E-state index in [2.05, 4.69) is 11.6 Å². The third kappa shape index (κ3) is 6.36. The Balaban J connectivity index is 1.53. The van der Waals surface area contributed by atoms with Gasteiger partial charge in [-0.3, -0.25) is 24.6 Å². The predicted octanol–water partition coefficient (Wildman–Crippen LogP) is 6.22. The highest BCUT2D eigenvalue weighted by Crippen LogP contribution is 2.44. The van der Waals surface area contributed by atoms with Crippen LogP contribution in [0, 0.1) is 24.0 Å². The normalized spacial score (nSPS) is 15.6. The number of anilines is 1. The lowest BCUT2D eigenvalue weighted by molar-refractivity contribution is -0.384. The zero-order valence-electron chi connectivity index (χ0n) is 24.3. The number of esters is 1. The molecule has 1 aromatic heterocycles. The number of nitro groups is 1. The van der Waals surface area contributed by atoms with Gasteiger partial charge in [-0.1, -0.05) is 53.8 Å². The average molecular weight is 626 g/mol. The number of carbonyl (C=O) groups is 3. The van der Waals surface area contributed by atoms with Crippen LogP contribution < -0.4 is 9.64 Å². The summed E-state index contributed by atoms with van der Waals surface area (Å²) in [5.74, 6) is -2.58. The van der Waals surface area contributed by atoms with Gasteiger partial charge in [0.15, 0.2) is 5.13 Å². The van der Waals surface area contributed by atoms with Gasteiger partial charge in [0.25, 0.3) is 11.5 Å². The molecule has 45 heavy (non-hydrogen) atoms. The van der Waals surface area contributed by atoms with Crippen LogP contribution in [-0.2, 0) is 20.9 Å². The minimum atomic E-state index is -1.20. The highest BCUT2D eigenvalue weighted by atomic mass is 32.1. The Morgan fingerprint density at radius 2 is 1.82 bits per heavy atom. The first-order chi connectivity index (χ1) is 21.6. The van der Waals surface area contributed by atoms with E-state index in [9.17, 15) is 29.6 Å². The van der Waals surface area contributed by atoms with E-state index in [0.29, 0.717) is 17.9 Å².